The molecule has 1 N–H and O–H groups in total. The van der Waals surface area contributed by atoms with Gasteiger partial charge in [-0.25, -0.2) is 13.2 Å². The number of furan rings is 1. The zero-order chi connectivity index (χ0) is 20.3. The quantitative estimate of drug-likeness (QED) is 0.694. The van der Waals surface area contributed by atoms with Crippen LogP contribution in [0.2, 0.25) is 0 Å². The fraction of sp³-hybridized carbons (Fsp3) is 0.474. The molecule has 0 spiro atoms. The van der Waals surface area contributed by atoms with Crippen LogP contribution in [0.1, 0.15) is 36.4 Å². The minimum Gasteiger partial charge on any atom is -0.449 e. The molecule has 8 nitrogen and oxygen atoms in total. The predicted octanol–water partition coefficient (Wildman–Crippen LogP) is 1.82. The van der Waals surface area contributed by atoms with Crippen LogP contribution in [0.4, 0.5) is 0 Å². The van der Waals surface area contributed by atoms with Crippen LogP contribution in [0.15, 0.2) is 28.7 Å². The van der Waals surface area contributed by atoms with E-state index in [1.165, 1.54) is 6.92 Å². The molecule has 2 heterocycles. The molecule has 1 aromatic carbocycles. The molecule has 1 aromatic heterocycles. The molecule has 0 radical (unpaired) electrons. The number of esters is 1. The highest BCUT2D eigenvalue weighted by molar-refractivity contribution is 7.91. The topological polar surface area (TPSA) is 112 Å². The van der Waals surface area contributed by atoms with Crippen molar-refractivity contribution in [3.63, 3.8) is 0 Å². The van der Waals surface area contributed by atoms with Gasteiger partial charge in [-0.3, -0.25) is 4.79 Å². The van der Waals surface area contributed by atoms with Crippen LogP contribution in [-0.2, 0) is 30.7 Å². The van der Waals surface area contributed by atoms with Crippen LogP contribution in [-0.4, -0.2) is 50.6 Å². The van der Waals surface area contributed by atoms with E-state index in [1.54, 1.807) is 12.1 Å². The van der Waals surface area contributed by atoms with E-state index in [0.29, 0.717) is 24.2 Å². The molecule has 1 saturated heterocycles. The molecule has 28 heavy (non-hydrogen) atoms. The zero-order valence-corrected chi connectivity index (χ0v) is 16.6. The summed E-state index contributed by atoms with van der Waals surface area (Å²) in [6.45, 7) is 3.92. The number of benzene rings is 1. The molecular weight excluding hydrogens is 386 g/mol. The molecule has 1 amide bonds. The minimum absolute atomic E-state index is 0.00209. The molecule has 9 heteroatoms. The van der Waals surface area contributed by atoms with Gasteiger partial charge in [-0.1, -0.05) is 18.2 Å². The normalized spacial score (nSPS) is 19.4. The van der Waals surface area contributed by atoms with Gasteiger partial charge in [-0.05, 0) is 26.3 Å². The second-order valence-electron chi connectivity index (χ2n) is 6.70. The number of hydrogen-bond acceptors (Lipinski definition) is 7. The van der Waals surface area contributed by atoms with Gasteiger partial charge in [0.2, 0.25) is 5.76 Å². The molecule has 0 bridgehead atoms. The Bertz CT molecular complexity index is 979. The Morgan fingerprint density at radius 3 is 2.75 bits per heavy atom. The highest BCUT2D eigenvalue weighted by atomic mass is 32.2. The van der Waals surface area contributed by atoms with Crippen LogP contribution in [0, 0.1) is 0 Å². The molecule has 3 rings (SSSR count). The largest absolute Gasteiger partial charge is 0.449 e. The Balaban J connectivity index is 1.70. The van der Waals surface area contributed by atoms with Crippen LogP contribution < -0.4 is 5.32 Å². The number of hydrogen-bond donors (Lipinski definition) is 1. The smallest absolute Gasteiger partial charge is 0.375 e. The van der Waals surface area contributed by atoms with Gasteiger partial charge >= 0.3 is 5.97 Å². The lowest BCUT2D eigenvalue weighted by atomic mass is 10.1. The summed E-state index contributed by atoms with van der Waals surface area (Å²) in [6.07, 6.45) is -0.736. The van der Waals surface area contributed by atoms with Crippen molar-refractivity contribution < 1.29 is 31.9 Å². The third kappa shape index (κ3) is 4.53. The maximum Gasteiger partial charge on any atom is 0.375 e. The number of amides is 1. The van der Waals surface area contributed by atoms with Gasteiger partial charge < -0.3 is 19.2 Å². The third-order valence-corrected chi connectivity index (χ3v) is 6.33. The van der Waals surface area contributed by atoms with Crippen molar-refractivity contribution >= 4 is 32.7 Å². The summed E-state index contributed by atoms with van der Waals surface area (Å²) in [5.74, 6) is -1.36. The lowest BCUT2D eigenvalue weighted by molar-refractivity contribution is -0.129. The van der Waals surface area contributed by atoms with Crippen LogP contribution in [0.5, 0.6) is 0 Å². The minimum atomic E-state index is -3.11. The predicted molar refractivity (Wildman–Crippen MR) is 102 cm³/mol. The maximum absolute atomic E-state index is 12.6. The molecule has 0 aliphatic carbocycles. The molecule has 1 aliphatic heterocycles. The van der Waals surface area contributed by atoms with Gasteiger partial charge in [-0.2, -0.15) is 0 Å². The number of ether oxygens (including phenoxy) is 2. The monoisotopic (exact) mass is 409 g/mol. The average Bonchev–Trinajstić information content (AvgIpc) is 3.19. The molecule has 2 aromatic rings. The Morgan fingerprint density at radius 1 is 1.32 bits per heavy atom. The molecular formula is C19H23NO7S. The van der Waals surface area contributed by atoms with E-state index in [9.17, 15) is 18.0 Å². The summed E-state index contributed by atoms with van der Waals surface area (Å²) in [5.41, 5.74) is 1.09. The van der Waals surface area contributed by atoms with Crippen molar-refractivity contribution in [1.29, 1.82) is 0 Å². The number of carbonyl (C=O) groups is 2. The fourth-order valence-corrected chi connectivity index (χ4v) is 4.78. The van der Waals surface area contributed by atoms with Crippen molar-refractivity contribution in [2.75, 3.05) is 18.1 Å². The van der Waals surface area contributed by atoms with Crippen molar-refractivity contribution in [3.8, 4) is 0 Å². The molecule has 2 atom stereocenters. The van der Waals surface area contributed by atoms with E-state index in [0.717, 1.165) is 5.39 Å². The van der Waals surface area contributed by atoms with Gasteiger partial charge in [0.05, 0.1) is 18.1 Å². The van der Waals surface area contributed by atoms with E-state index >= 15 is 0 Å². The summed E-state index contributed by atoms with van der Waals surface area (Å²) in [4.78, 5) is 24.9. The summed E-state index contributed by atoms with van der Waals surface area (Å²) < 4.78 is 39.3. The number of nitrogens with one attached hydrogen (secondary N) is 1. The second kappa shape index (κ2) is 8.32. The first-order valence-electron chi connectivity index (χ1n) is 9.10. The number of carbonyl (C=O) groups excluding carboxylic acids is 2. The van der Waals surface area contributed by atoms with Gasteiger partial charge in [-0.15, -0.1) is 0 Å². The lowest BCUT2D eigenvalue weighted by Crippen LogP contribution is -2.42. The van der Waals surface area contributed by atoms with E-state index < -0.39 is 33.9 Å². The Hall–Kier alpha value is -2.39. The van der Waals surface area contributed by atoms with Gasteiger partial charge in [0.15, 0.2) is 15.9 Å². The maximum atomic E-state index is 12.6. The van der Waals surface area contributed by atoms with Gasteiger partial charge in [0.1, 0.15) is 5.58 Å². The summed E-state index contributed by atoms with van der Waals surface area (Å²) >= 11 is 0. The SMILES string of the molecule is CCOCc1c(C(=O)O[C@@H](C)C(=O)N[C@H]2CCS(=O)(=O)C2)oc2ccccc12. The van der Waals surface area contributed by atoms with Gasteiger partial charge in [0, 0.05) is 23.6 Å². The Morgan fingerprint density at radius 2 is 2.07 bits per heavy atom. The average molecular weight is 409 g/mol. The summed E-state index contributed by atoms with van der Waals surface area (Å²) in [5, 5.41) is 3.36. The fourth-order valence-electron chi connectivity index (χ4n) is 3.11. The number of rotatable bonds is 7. The highest BCUT2D eigenvalue weighted by Crippen LogP contribution is 2.27. The second-order valence-corrected chi connectivity index (χ2v) is 8.93. The van der Waals surface area contributed by atoms with Crippen molar-refractivity contribution in [3.05, 3.63) is 35.6 Å². The molecule has 152 valence electrons. The van der Waals surface area contributed by atoms with Gasteiger partial charge in [0.25, 0.3) is 5.91 Å². The van der Waals surface area contributed by atoms with Crippen LogP contribution in [0.25, 0.3) is 11.0 Å². The molecule has 0 saturated carbocycles. The first-order chi connectivity index (χ1) is 13.3. The van der Waals surface area contributed by atoms with Crippen molar-refractivity contribution in [1.82, 2.24) is 5.32 Å². The first kappa shape index (κ1) is 20.3. The van der Waals surface area contributed by atoms with Crippen LogP contribution >= 0.6 is 0 Å². The third-order valence-electron chi connectivity index (χ3n) is 4.57. The number of para-hydroxylation sites is 1. The number of fused-ring (bicyclic) bond motifs is 1. The van der Waals surface area contributed by atoms with E-state index in [2.05, 4.69) is 5.32 Å². The standard InChI is InChI=1S/C19H23NO7S/c1-3-25-10-15-14-6-4-5-7-16(14)27-17(15)19(22)26-12(2)18(21)20-13-8-9-28(23,24)11-13/h4-7,12-13H,3,8-11H2,1-2H3,(H,20,21)/t12-,13-/m0/s1. The highest BCUT2D eigenvalue weighted by Gasteiger charge is 2.31. The summed E-state index contributed by atoms with van der Waals surface area (Å²) in [7, 11) is -3.11. The zero-order valence-electron chi connectivity index (χ0n) is 15.8. The number of sulfone groups is 1. The Labute approximate surface area is 163 Å². The summed E-state index contributed by atoms with van der Waals surface area (Å²) in [6, 6.07) is 6.71. The van der Waals surface area contributed by atoms with Crippen molar-refractivity contribution in [2.45, 2.75) is 39.0 Å². The first-order valence-corrected chi connectivity index (χ1v) is 10.9. The molecule has 0 unspecified atom stereocenters. The van der Waals surface area contributed by atoms with Crippen LogP contribution in [0.3, 0.4) is 0 Å². The van der Waals surface area contributed by atoms with E-state index in [4.69, 9.17) is 13.9 Å². The lowest BCUT2D eigenvalue weighted by Gasteiger charge is -2.16. The van der Waals surface area contributed by atoms with E-state index in [1.807, 2.05) is 19.1 Å². The van der Waals surface area contributed by atoms with E-state index in [-0.39, 0.29) is 23.9 Å². The molecule has 1 fully saturated rings. The Kier molecular flexibility index (Phi) is 6.04. The molecule has 1 aliphatic rings. The van der Waals surface area contributed by atoms with Crippen molar-refractivity contribution in [2.24, 2.45) is 0 Å².